The van der Waals surface area contributed by atoms with Crippen molar-refractivity contribution < 1.29 is 19.1 Å². The van der Waals surface area contributed by atoms with Gasteiger partial charge in [0, 0.05) is 5.69 Å². The number of imide groups is 1. The van der Waals surface area contributed by atoms with Crippen molar-refractivity contribution in [1.29, 1.82) is 0 Å². The van der Waals surface area contributed by atoms with E-state index in [4.69, 9.17) is 4.74 Å². The van der Waals surface area contributed by atoms with Gasteiger partial charge in [0.1, 0.15) is 11.5 Å². The number of fused-ring (bicyclic) bond motifs is 1. The summed E-state index contributed by atoms with van der Waals surface area (Å²) >= 11 is 0. The van der Waals surface area contributed by atoms with Crippen molar-refractivity contribution in [2.24, 2.45) is 0 Å². The van der Waals surface area contributed by atoms with E-state index in [1.54, 1.807) is 36.6 Å². The zero-order chi connectivity index (χ0) is 19.0. The van der Waals surface area contributed by atoms with E-state index in [0.29, 0.717) is 28.3 Å². The fourth-order valence-electron chi connectivity index (χ4n) is 2.94. The molecule has 5 nitrogen and oxygen atoms in total. The van der Waals surface area contributed by atoms with E-state index in [1.165, 1.54) is 12.1 Å². The number of hydrogen-bond donors (Lipinski definition) is 0. The van der Waals surface area contributed by atoms with Crippen LogP contribution >= 0.6 is 0 Å². The molecule has 1 aliphatic heterocycles. The van der Waals surface area contributed by atoms with Crippen molar-refractivity contribution in [3.63, 3.8) is 0 Å². The molecule has 4 rings (SSSR count). The highest BCUT2D eigenvalue weighted by Gasteiger charge is 2.36. The van der Waals surface area contributed by atoms with Gasteiger partial charge in [0.05, 0.1) is 17.4 Å². The molecule has 0 radical (unpaired) electrons. The lowest BCUT2D eigenvalue weighted by Crippen LogP contribution is -2.29. The summed E-state index contributed by atoms with van der Waals surface area (Å²) in [4.78, 5) is 37.2. The number of anilines is 1. The van der Waals surface area contributed by atoms with Crippen molar-refractivity contribution in [1.82, 2.24) is 0 Å². The first-order valence-corrected chi connectivity index (χ1v) is 8.32. The highest BCUT2D eigenvalue weighted by molar-refractivity contribution is 6.34. The Morgan fingerprint density at radius 3 is 2.07 bits per heavy atom. The summed E-state index contributed by atoms with van der Waals surface area (Å²) < 4.78 is 5.79. The summed E-state index contributed by atoms with van der Waals surface area (Å²) in [6, 6.07) is 18.5. The molecule has 3 aromatic carbocycles. The Hall–Kier alpha value is -3.73. The zero-order valence-corrected chi connectivity index (χ0v) is 14.4. The first-order chi connectivity index (χ1) is 13.1. The molecule has 2 amide bonds. The summed E-state index contributed by atoms with van der Waals surface area (Å²) in [5.41, 5.74) is 2.48. The Balaban J connectivity index is 1.64. The predicted octanol–water partition coefficient (Wildman–Crippen LogP) is 4.05. The Bertz CT molecular complexity index is 1050. The van der Waals surface area contributed by atoms with Crippen molar-refractivity contribution in [3.05, 3.63) is 89.0 Å². The van der Waals surface area contributed by atoms with E-state index in [-0.39, 0.29) is 5.56 Å². The number of carbonyl (C=O) groups is 2. The smallest absolute Gasteiger partial charge is 0.266 e. The van der Waals surface area contributed by atoms with Gasteiger partial charge in [-0.05, 0) is 37.3 Å². The SMILES string of the molecule is Cc1ccc(Oc2ccc3c(c2)C(=O)N(c2ccc([C-]=O)cc2)C3=O)cc1. The number of ether oxygens (including phenoxy) is 1. The third-order valence-electron chi connectivity index (χ3n) is 4.36. The lowest BCUT2D eigenvalue weighted by molar-refractivity contribution is 0.0926. The second kappa shape index (κ2) is 6.53. The van der Waals surface area contributed by atoms with Crippen LogP contribution in [0.2, 0.25) is 0 Å². The number of hydrogen-bond acceptors (Lipinski definition) is 4. The van der Waals surface area contributed by atoms with Gasteiger partial charge in [-0.15, -0.1) is 0 Å². The monoisotopic (exact) mass is 356 g/mol. The van der Waals surface area contributed by atoms with Crippen LogP contribution in [0.5, 0.6) is 11.5 Å². The molecule has 0 saturated carbocycles. The molecule has 0 aliphatic carbocycles. The van der Waals surface area contributed by atoms with Crippen LogP contribution in [-0.4, -0.2) is 18.1 Å². The van der Waals surface area contributed by atoms with Crippen LogP contribution in [0.1, 0.15) is 31.8 Å². The van der Waals surface area contributed by atoms with Crippen LogP contribution in [0.4, 0.5) is 5.69 Å². The molecular formula is C22H14NO4-. The van der Waals surface area contributed by atoms with Crippen LogP contribution < -0.4 is 9.64 Å². The molecule has 0 spiro atoms. The third-order valence-corrected chi connectivity index (χ3v) is 4.36. The van der Waals surface area contributed by atoms with Crippen LogP contribution in [0.25, 0.3) is 0 Å². The average molecular weight is 356 g/mol. The Morgan fingerprint density at radius 2 is 1.41 bits per heavy atom. The van der Waals surface area contributed by atoms with Crippen LogP contribution in [0, 0.1) is 6.92 Å². The molecule has 1 heterocycles. The standard InChI is InChI=1S/C22H14NO4/c1-14-2-8-17(9-3-14)27-18-10-11-19-20(12-18)22(26)23(21(19)25)16-6-4-15(13-24)5-7-16/h2-12H,1H3/q-1. The maximum atomic E-state index is 12.8. The summed E-state index contributed by atoms with van der Waals surface area (Å²) in [6.45, 7) is 1.98. The molecule has 0 unspecified atom stereocenters. The van der Waals surface area contributed by atoms with Gasteiger partial charge in [0.25, 0.3) is 11.8 Å². The molecular weight excluding hydrogens is 342 g/mol. The second-order valence-electron chi connectivity index (χ2n) is 6.22. The minimum absolute atomic E-state index is 0.288. The van der Waals surface area contributed by atoms with E-state index < -0.39 is 11.8 Å². The summed E-state index contributed by atoms with van der Waals surface area (Å²) in [6.07, 6.45) is 1.76. The molecule has 27 heavy (non-hydrogen) atoms. The van der Waals surface area contributed by atoms with Crippen LogP contribution in [0.3, 0.4) is 0 Å². The van der Waals surface area contributed by atoms with Gasteiger partial charge in [-0.3, -0.25) is 9.59 Å². The van der Waals surface area contributed by atoms with Gasteiger partial charge in [0.2, 0.25) is 0 Å². The zero-order valence-electron chi connectivity index (χ0n) is 14.4. The largest absolute Gasteiger partial charge is 0.457 e. The number of amides is 2. The summed E-state index contributed by atoms with van der Waals surface area (Å²) in [5, 5.41) is 0. The first kappa shape index (κ1) is 16.7. The van der Waals surface area contributed by atoms with Crippen molar-refractivity contribution >= 4 is 23.8 Å². The van der Waals surface area contributed by atoms with E-state index in [2.05, 4.69) is 0 Å². The number of aryl methyl sites for hydroxylation is 1. The summed E-state index contributed by atoms with van der Waals surface area (Å²) in [5.74, 6) is 0.299. The summed E-state index contributed by atoms with van der Waals surface area (Å²) in [7, 11) is 0. The van der Waals surface area contributed by atoms with Gasteiger partial charge in [-0.1, -0.05) is 29.8 Å². The van der Waals surface area contributed by atoms with E-state index in [0.717, 1.165) is 10.5 Å². The first-order valence-electron chi connectivity index (χ1n) is 8.32. The number of carbonyl (C=O) groups excluding carboxylic acids is 3. The molecule has 0 N–H and O–H groups in total. The minimum Gasteiger partial charge on any atom is -0.457 e. The highest BCUT2D eigenvalue weighted by Crippen LogP contribution is 2.32. The van der Waals surface area contributed by atoms with Gasteiger partial charge >= 0.3 is 0 Å². The highest BCUT2D eigenvalue weighted by atomic mass is 16.5. The van der Waals surface area contributed by atoms with Crippen molar-refractivity contribution in [3.8, 4) is 11.5 Å². The minimum atomic E-state index is -0.424. The fraction of sp³-hybridized carbons (Fsp3) is 0.0455. The van der Waals surface area contributed by atoms with E-state index >= 15 is 0 Å². The normalized spacial score (nSPS) is 12.9. The molecule has 132 valence electrons. The predicted molar refractivity (Wildman–Crippen MR) is 100 cm³/mol. The topological polar surface area (TPSA) is 63.7 Å². The molecule has 1 aliphatic rings. The molecule has 0 fully saturated rings. The molecule has 0 atom stereocenters. The second-order valence-corrected chi connectivity index (χ2v) is 6.22. The van der Waals surface area contributed by atoms with E-state index in [9.17, 15) is 14.4 Å². The molecule has 0 aromatic heterocycles. The van der Waals surface area contributed by atoms with Crippen molar-refractivity contribution in [2.75, 3.05) is 4.90 Å². The molecule has 5 heteroatoms. The number of benzene rings is 3. The lowest BCUT2D eigenvalue weighted by Gasteiger charge is -2.15. The van der Waals surface area contributed by atoms with E-state index in [1.807, 2.05) is 31.2 Å². The molecule has 3 aromatic rings. The van der Waals surface area contributed by atoms with Gasteiger partial charge < -0.3 is 9.53 Å². The fourth-order valence-corrected chi connectivity index (χ4v) is 2.94. The lowest BCUT2D eigenvalue weighted by atomic mass is 10.1. The molecule has 0 bridgehead atoms. The van der Waals surface area contributed by atoms with Crippen molar-refractivity contribution in [2.45, 2.75) is 6.92 Å². The molecule has 0 saturated heterocycles. The van der Waals surface area contributed by atoms with Crippen LogP contribution in [-0.2, 0) is 4.79 Å². The maximum Gasteiger partial charge on any atom is 0.266 e. The average Bonchev–Trinajstić information content (AvgIpc) is 2.94. The van der Waals surface area contributed by atoms with Crippen LogP contribution in [0.15, 0.2) is 66.7 Å². The Kier molecular flexibility index (Phi) is 4.05. The van der Waals surface area contributed by atoms with Gasteiger partial charge in [-0.2, -0.15) is 17.7 Å². The number of rotatable bonds is 4. The Labute approximate surface area is 155 Å². The third kappa shape index (κ3) is 3.00. The number of nitrogens with zero attached hydrogens (tertiary/aromatic N) is 1. The van der Waals surface area contributed by atoms with Gasteiger partial charge in [0.15, 0.2) is 0 Å². The van der Waals surface area contributed by atoms with Gasteiger partial charge in [-0.25, -0.2) is 4.90 Å². The maximum absolute atomic E-state index is 12.8. The Morgan fingerprint density at radius 1 is 0.778 bits per heavy atom. The quantitative estimate of drug-likeness (QED) is 0.523.